The molecular weight excluding hydrogens is 268 g/mol. The Morgan fingerprint density at radius 1 is 1.24 bits per heavy atom. The number of likely N-dealkylation sites (tertiary alicyclic amines) is 1. The minimum atomic E-state index is -0.709. The number of carboxylic acid groups (broad SMARTS) is 1. The first-order chi connectivity index (χ1) is 10.1. The van der Waals surface area contributed by atoms with Gasteiger partial charge in [-0.1, -0.05) is 0 Å². The lowest BCUT2D eigenvalue weighted by atomic mass is 9.91. The Bertz CT molecular complexity index is 374. The lowest BCUT2D eigenvalue weighted by molar-refractivity contribution is -0.147. The number of nitrogens with zero attached hydrogens (tertiary/aromatic N) is 1. The predicted molar refractivity (Wildman–Crippen MR) is 80.3 cm³/mol. The van der Waals surface area contributed by atoms with Crippen molar-refractivity contribution in [3.8, 4) is 0 Å². The molecule has 0 bridgehead atoms. The van der Waals surface area contributed by atoms with Crippen LogP contribution < -0.4 is 5.32 Å². The highest BCUT2D eigenvalue weighted by atomic mass is 16.5. The van der Waals surface area contributed by atoms with E-state index < -0.39 is 11.5 Å². The Balaban J connectivity index is 1.60. The number of hydrogen-bond donors (Lipinski definition) is 2. The fourth-order valence-electron chi connectivity index (χ4n) is 3.59. The van der Waals surface area contributed by atoms with Crippen molar-refractivity contribution in [2.24, 2.45) is 5.92 Å². The zero-order valence-corrected chi connectivity index (χ0v) is 13.0. The number of hydrogen-bond acceptors (Lipinski definition) is 4. The minimum absolute atomic E-state index is 0.320. The molecule has 3 rings (SSSR count). The van der Waals surface area contributed by atoms with Crippen molar-refractivity contribution in [1.82, 2.24) is 10.2 Å². The van der Waals surface area contributed by atoms with E-state index in [0.717, 1.165) is 58.2 Å². The standard InChI is InChI=1S/C16H28N2O3/c1-2-21-14-7-9-18(10-8-14)11-16(15(19)20,12-3-4-12)17-13-5-6-13/h12-14,17H,2-11H2,1H3,(H,19,20). The van der Waals surface area contributed by atoms with Gasteiger partial charge in [0.05, 0.1) is 6.10 Å². The highest BCUT2D eigenvalue weighted by Gasteiger charge is 2.54. The third-order valence-corrected chi connectivity index (χ3v) is 5.10. The number of rotatable bonds is 8. The third-order valence-electron chi connectivity index (χ3n) is 5.10. The number of carbonyl (C=O) groups is 1. The van der Waals surface area contributed by atoms with Crippen LogP contribution in [0.3, 0.4) is 0 Å². The average Bonchev–Trinajstić information content (AvgIpc) is 3.34. The Kier molecular flexibility index (Phi) is 4.52. The van der Waals surface area contributed by atoms with E-state index in [1.165, 1.54) is 0 Å². The van der Waals surface area contributed by atoms with Crippen LogP contribution in [-0.4, -0.2) is 59.9 Å². The van der Waals surface area contributed by atoms with Crippen LogP contribution in [0.1, 0.15) is 45.4 Å². The minimum Gasteiger partial charge on any atom is -0.480 e. The van der Waals surface area contributed by atoms with E-state index in [1.807, 2.05) is 6.92 Å². The molecular formula is C16H28N2O3. The van der Waals surface area contributed by atoms with Crippen LogP contribution in [-0.2, 0) is 9.53 Å². The monoisotopic (exact) mass is 296 g/mol. The van der Waals surface area contributed by atoms with E-state index in [2.05, 4.69) is 10.2 Å². The SMILES string of the molecule is CCOC1CCN(CC(NC2CC2)(C(=O)O)C2CC2)CC1. The molecule has 0 aromatic heterocycles. The van der Waals surface area contributed by atoms with Crippen LogP contribution in [0.4, 0.5) is 0 Å². The summed E-state index contributed by atoms with van der Waals surface area (Å²) < 4.78 is 5.68. The molecule has 0 aromatic rings. The number of aliphatic carboxylic acids is 1. The van der Waals surface area contributed by atoms with Crippen molar-refractivity contribution in [3.63, 3.8) is 0 Å². The quantitative estimate of drug-likeness (QED) is 0.710. The van der Waals surface area contributed by atoms with E-state index in [4.69, 9.17) is 4.74 Å². The second-order valence-corrected chi connectivity index (χ2v) is 6.90. The van der Waals surface area contributed by atoms with Crippen molar-refractivity contribution in [2.45, 2.75) is 63.1 Å². The van der Waals surface area contributed by atoms with Crippen molar-refractivity contribution in [1.29, 1.82) is 0 Å². The second-order valence-electron chi connectivity index (χ2n) is 6.90. The van der Waals surface area contributed by atoms with Crippen LogP contribution in [0.2, 0.25) is 0 Å². The van der Waals surface area contributed by atoms with Gasteiger partial charge in [0, 0.05) is 32.3 Å². The first-order valence-electron chi connectivity index (χ1n) is 8.49. The van der Waals surface area contributed by atoms with Gasteiger partial charge in [-0.25, -0.2) is 0 Å². The molecule has 21 heavy (non-hydrogen) atoms. The van der Waals surface area contributed by atoms with Gasteiger partial charge >= 0.3 is 5.97 Å². The summed E-state index contributed by atoms with van der Waals surface area (Å²) in [6.45, 7) is 5.38. The molecule has 1 heterocycles. The maximum atomic E-state index is 12.0. The molecule has 120 valence electrons. The molecule has 0 radical (unpaired) electrons. The second kappa shape index (κ2) is 6.23. The molecule has 5 nitrogen and oxygen atoms in total. The van der Waals surface area contributed by atoms with E-state index in [-0.39, 0.29) is 0 Å². The van der Waals surface area contributed by atoms with Gasteiger partial charge in [-0.3, -0.25) is 10.1 Å². The van der Waals surface area contributed by atoms with Gasteiger partial charge in [0.25, 0.3) is 0 Å². The van der Waals surface area contributed by atoms with Gasteiger partial charge in [-0.05, 0) is 51.4 Å². The molecule has 1 atom stereocenters. The maximum absolute atomic E-state index is 12.0. The van der Waals surface area contributed by atoms with Crippen molar-refractivity contribution < 1.29 is 14.6 Å². The summed E-state index contributed by atoms with van der Waals surface area (Å²) in [5.41, 5.74) is -0.709. The lowest BCUT2D eigenvalue weighted by Crippen LogP contribution is -2.62. The van der Waals surface area contributed by atoms with Gasteiger partial charge in [0.2, 0.25) is 0 Å². The molecule has 0 amide bonds. The summed E-state index contributed by atoms with van der Waals surface area (Å²) in [7, 11) is 0. The van der Waals surface area contributed by atoms with Crippen LogP contribution >= 0.6 is 0 Å². The topological polar surface area (TPSA) is 61.8 Å². The first kappa shape index (κ1) is 15.3. The molecule has 5 heteroatoms. The number of carboxylic acids is 1. The Labute approximate surface area is 127 Å². The van der Waals surface area contributed by atoms with Gasteiger partial charge in [-0.15, -0.1) is 0 Å². The smallest absolute Gasteiger partial charge is 0.325 e. The number of ether oxygens (including phenoxy) is 1. The van der Waals surface area contributed by atoms with Crippen molar-refractivity contribution >= 4 is 5.97 Å². The Hall–Kier alpha value is -0.650. The molecule has 2 aliphatic carbocycles. The van der Waals surface area contributed by atoms with Gasteiger partial charge in [-0.2, -0.15) is 0 Å². The van der Waals surface area contributed by atoms with Gasteiger partial charge in [0.1, 0.15) is 5.54 Å². The van der Waals surface area contributed by atoms with Gasteiger partial charge in [0.15, 0.2) is 0 Å². The average molecular weight is 296 g/mol. The Morgan fingerprint density at radius 2 is 1.90 bits per heavy atom. The summed E-state index contributed by atoms with van der Waals surface area (Å²) in [6.07, 6.45) is 6.79. The maximum Gasteiger partial charge on any atom is 0.325 e. The summed E-state index contributed by atoms with van der Waals surface area (Å²) in [5.74, 6) is -0.330. The molecule has 0 spiro atoms. The lowest BCUT2D eigenvalue weighted by Gasteiger charge is -2.39. The van der Waals surface area contributed by atoms with Gasteiger partial charge < -0.3 is 14.7 Å². The van der Waals surface area contributed by atoms with Crippen LogP contribution in [0.5, 0.6) is 0 Å². The number of piperidine rings is 1. The van der Waals surface area contributed by atoms with E-state index in [1.54, 1.807) is 0 Å². The largest absolute Gasteiger partial charge is 0.480 e. The molecule has 1 saturated heterocycles. The number of nitrogens with one attached hydrogen (secondary N) is 1. The Morgan fingerprint density at radius 3 is 2.38 bits per heavy atom. The van der Waals surface area contributed by atoms with Crippen molar-refractivity contribution in [2.75, 3.05) is 26.2 Å². The molecule has 2 saturated carbocycles. The molecule has 1 aliphatic heterocycles. The fourth-order valence-corrected chi connectivity index (χ4v) is 3.59. The molecule has 2 N–H and O–H groups in total. The fraction of sp³-hybridized carbons (Fsp3) is 0.938. The predicted octanol–water partition coefficient (Wildman–Crippen LogP) is 1.47. The van der Waals surface area contributed by atoms with Crippen LogP contribution in [0.25, 0.3) is 0 Å². The van der Waals surface area contributed by atoms with E-state index in [9.17, 15) is 9.90 Å². The normalized spacial score (nSPS) is 27.5. The molecule has 3 aliphatic rings. The highest BCUT2D eigenvalue weighted by molar-refractivity contribution is 5.80. The molecule has 0 aromatic carbocycles. The van der Waals surface area contributed by atoms with Crippen LogP contribution in [0.15, 0.2) is 0 Å². The first-order valence-corrected chi connectivity index (χ1v) is 8.49. The van der Waals surface area contributed by atoms with Crippen molar-refractivity contribution in [3.05, 3.63) is 0 Å². The van der Waals surface area contributed by atoms with E-state index in [0.29, 0.717) is 24.6 Å². The summed E-state index contributed by atoms with van der Waals surface area (Å²) in [5, 5.41) is 13.3. The summed E-state index contributed by atoms with van der Waals surface area (Å²) >= 11 is 0. The highest BCUT2D eigenvalue weighted by Crippen LogP contribution is 2.42. The summed E-state index contributed by atoms with van der Waals surface area (Å²) in [6, 6.07) is 0.433. The van der Waals surface area contributed by atoms with Crippen LogP contribution in [0, 0.1) is 5.92 Å². The molecule has 3 fully saturated rings. The zero-order valence-electron chi connectivity index (χ0n) is 13.0. The summed E-state index contributed by atoms with van der Waals surface area (Å²) in [4.78, 5) is 14.3. The third kappa shape index (κ3) is 3.58. The molecule has 1 unspecified atom stereocenters. The van der Waals surface area contributed by atoms with E-state index >= 15 is 0 Å². The zero-order chi connectivity index (χ0) is 14.9.